The lowest BCUT2D eigenvalue weighted by Gasteiger charge is -2.35. The van der Waals surface area contributed by atoms with Gasteiger partial charge in [-0.1, -0.05) is 17.7 Å². The van der Waals surface area contributed by atoms with E-state index in [1.807, 2.05) is 31.2 Å². The van der Waals surface area contributed by atoms with Crippen LogP contribution in [-0.2, 0) is 6.42 Å². The second-order valence-electron chi connectivity index (χ2n) is 7.84. The van der Waals surface area contributed by atoms with Gasteiger partial charge in [-0.15, -0.1) is 0 Å². The molecule has 6 heteroatoms. The topological polar surface area (TPSA) is 49.6 Å². The van der Waals surface area contributed by atoms with Crippen molar-refractivity contribution < 1.29 is 0 Å². The third kappa shape index (κ3) is 2.99. The maximum absolute atomic E-state index is 12.9. The van der Waals surface area contributed by atoms with Gasteiger partial charge >= 0.3 is 0 Å². The molecule has 3 aromatic rings. The number of benzene rings is 1. The summed E-state index contributed by atoms with van der Waals surface area (Å²) in [7, 11) is 0. The van der Waals surface area contributed by atoms with Crippen LogP contribution in [-0.4, -0.2) is 40.0 Å². The van der Waals surface area contributed by atoms with Gasteiger partial charge in [0.2, 0.25) is 0 Å². The lowest BCUT2D eigenvalue weighted by atomic mass is 9.89. The van der Waals surface area contributed by atoms with E-state index in [1.165, 1.54) is 11.3 Å². The summed E-state index contributed by atoms with van der Waals surface area (Å²) in [6.45, 7) is 4.84. The van der Waals surface area contributed by atoms with Crippen LogP contribution in [0.3, 0.4) is 0 Å². The van der Waals surface area contributed by atoms with Crippen LogP contribution >= 0.6 is 11.6 Å². The van der Waals surface area contributed by atoms with Gasteiger partial charge in [0, 0.05) is 59.8 Å². The number of aryl methyl sites for hydroxylation is 1. The van der Waals surface area contributed by atoms with Gasteiger partial charge in [0.05, 0.1) is 0 Å². The van der Waals surface area contributed by atoms with Crippen molar-refractivity contribution in [1.82, 2.24) is 14.3 Å². The first-order valence-electron chi connectivity index (χ1n) is 9.85. The SMILES string of the molecule is Cc1nc2ccccn2c(=O)c1CCN1CCC2Nc3ccc(Cl)cc3C2C1. The fourth-order valence-electron chi connectivity index (χ4n) is 4.68. The van der Waals surface area contributed by atoms with Crippen LogP contribution in [0.5, 0.6) is 0 Å². The summed E-state index contributed by atoms with van der Waals surface area (Å²) in [5.74, 6) is 0.458. The summed E-state index contributed by atoms with van der Waals surface area (Å²) >= 11 is 6.23. The third-order valence-electron chi connectivity index (χ3n) is 6.16. The molecule has 2 unspecified atom stereocenters. The molecule has 4 heterocycles. The summed E-state index contributed by atoms with van der Waals surface area (Å²) in [5, 5.41) is 4.44. The van der Waals surface area contributed by atoms with Gasteiger partial charge in [0.25, 0.3) is 5.56 Å². The number of nitrogens with zero attached hydrogens (tertiary/aromatic N) is 3. The van der Waals surface area contributed by atoms with E-state index in [0.29, 0.717) is 17.6 Å². The van der Waals surface area contributed by atoms with Gasteiger partial charge in [0.15, 0.2) is 0 Å². The highest BCUT2D eigenvalue weighted by molar-refractivity contribution is 6.30. The van der Waals surface area contributed by atoms with Gasteiger partial charge < -0.3 is 10.2 Å². The van der Waals surface area contributed by atoms with Crippen molar-refractivity contribution in [3.63, 3.8) is 0 Å². The van der Waals surface area contributed by atoms with Gasteiger partial charge in [-0.05, 0) is 55.7 Å². The Morgan fingerprint density at radius 1 is 1.29 bits per heavy atom. The van der Waals surface area contributed by atoms with E-state index in [1.54, 1.807) is 10.6 Å². The zero-order chi connectivity index (χ0) is 19.3. The molecule has 2 aliphatic heterocycles. The second kappa shape index (κ2) is 6.90. The molecule has 28 heavy (non-hydrogen) atoms. The first-order valence-corrected chi connectivity index (χ1v) is 10.2. The monoisotopic (exact) mass is 394 g/mol. The van der Waals surface area contributed by atoms with E-state index in [-0.39, 0.29) is 5.56 Å². The average molecular weight is 395 g/mol. The number of rotatable bonds is 3. The van der Waals surface area contributed by atoms with E-state index >= 15 is 0 Å². The quantitative estimate of drug-likeness (QED) is 0.738. The molecule has 1 saturated heterocycles. The molecular formula is C22H23ClN4O. The maximum atomic E-state index is 12.9. The van der Waals surface area contributed by atoms with Gasteiger partial charge in [-0.25, -0.2) is 4.98 Å². The smallest absolute Gasteiger partial charge is 0.261 e. The Labute approximate surface area is 169 Å². The molecule has 0 aliphatic carbocycles. The third-order valence-corrected chi connectivity index (χ3v) is 6.40. The number of anilines is 1. The largest absolute Gasteiger partial charge is 0.381 e. The van der Waals surface area contributed by atoms with Crippen molar-refractivity contribution in [2.45, 2.75) is 31.7 Å². The Balaban J connectivity index is 1.34. The maximum Gasteiger partial charge on any atom is 0.261 e. The summed E-state index contributed by atoms with van der Waals surface area (Å²) in [6, 6.07) is 12.3. The molecule has 1 N–H and O–H groups in total. The zero-order valence-electron chi connectivity index (χ0n) is 15.9. The molecule has 5 rings (SSSR count). The van der Waals surface area contributed by atoms with Crippen molar-refractivity contribution in [3.8, 4) is 0 Å². The predicted molar refractivity (Wildman–Crippen MR) is 113 cm³/mol. The van der Waals surface area contributed by atoms with Crippen LogP contribution in [0.15, 0.2) is 47.4 Å². The Kier molecular flexibility index (Phi) is 4.37. The molecule has 0 saturated carbocycles. The molecule has 0 bridgehead atoms. The Hall–Kier alpha value is -2.37. The van der Waals surface area contributed by atoms with Crippen LogP contribution in [0.1, 0.15) is 29.2 Å². The number of likely N-dealkylation sites (tertiary alicyclic amines) is 1. The van der Waals surface area contributed by atoms with E-state index in [4.69, 9.17) is 11.6 Å². The fourth-order valence-corrected chi connectivity index (χ4v) is 4.86. The molecule has 0 amide bonds. The van der Waals surface area contributed by atoms with Crippen molar-refractivity contribution in [2.24, 2.45) is 0 Å². The van der Waals surface area contributed by atoms with Crippen molar-refractivity contribution in [2.75, 3.05) is 25.0 Å². The molecule has 2 atom stereocenters. The molecule has 2 aromatic heterocycles. The van der Waals surface area contributed by atoms with Crippen LogP contribution < -0.4 is 10.9 Å². The van der Waals surface area contributed by atoms with Gasteiger partial charge in [-0.2, -0.15) is 0 Å². The minimum atomic E-state index is 0.0534. The van der Waals surface area contributed by atoms with Crippen LogP contribution in [0, 0.1) is 6.92 Å². The molecule has 2 aliphatic rings. The molecule has 1 fully saturated rings. The molecule has 144 valence electrons. The summed E-state index contributed by atoms with van der Waals surface area (Å²) in [5.41, 5.74) is 4.96. The highest BCUT2D eigenvalue weighted by Gasteiger charge is 2.36. The van der Waals surface area contributed by atoms with E-state index in [0.717, 1.165) is 48.8 Å². The number of aromatic nitrogens is 2. The number of pyridine rings is 1. The van der Waals surface area contributed by atoms with Crippen molar-refractivity contribution in [3.05, 3.63) is 74.8 Å². The molecule has 0 spiro atoms. The van der Waals surface area contributed by atoms with Crippen LogP contribution in [0.4, 0.5) is 5.69 Å². The Morgan fingerprint density at radius 3 is 3.07 bits per heavy atom. The summed E-state index contributed by atoms with van der Waals surface area (Å²) in [4.78, 5) is 20.0. The first-order chi connectivity index (χ1) is 13.6. The first kappa shape index (κ1) is 17.7. The van der Waals surface area contributed by atoms with Crippen LogP contribution in [0.2, 0.25) is 5.02 Å². The van der Waals surface area contributed by atoms with E-state index in [9.17, 15) is 4.79 Å². The standard InChI is InChI=1S/C22H23ClN4O/c1-14-16(22(28)27-9-3-2-4-21(27)24-14)7-10-26-11-8-20-18(13-26)17-12-15(23)5-6-19(17)25-20/h2-6,9,12,18,20,25H,7-8,10-11,13H2,1H3. The van der Waals surface area contributed by atoms with Gasteiger partial charge in [-0.3, -0.25) is 9.20 Å². The lowest BCUT2D eigenvalue weighted by molar-refractivity contribution is 0.204. The van der Waals surface area contributed by atoms with E-state index < -0.39 is 0 Å². The molecule has 0 radical (unpaired) electrons. The number of fused-ring (bicyclic) bond motifs is 4. The van der Waals surface area contributed by atoms with Crippen LogP contribution in [0.25, 0.3) is 5.65 Å². The highest BCUT2D eigenvalue weighted by Crippen LogP contribution is 2.41. The minimum Gasteiger partial charge on any atom is -0.381 e. The summed E-state index contributed by atoms with van der Waals surface area (Å²) < 4.78 is 1.65. The Morgan fingerprint density at radius 2 is 2.18 bits per heavy atom. The minimum absolute atomic E-state index is 0.0534. The Bertz CT molecular complexity index is 1110. The van der Waals surface area contributed by atoms with Gasteiger partial charge in [0.1, 0.15) is 5.65 Å². The molecule has 5 nitrogen and oxygen atoms in total. The van der Waals surface area contributed by atoms with E-state index in [2.05, 4.69) is 27.3 Å². The highest BCUT2D eigenvalue weighted by atomic mass is 35.5. The number of piperidine rings is 1. The number of hydrogen-bond donors (Lipinski definition) is 1. The zero-order valence-corrected chi connectivity index (χ0v) is 16.6. The summed E-state index contributed by atoms with van der Waals surface area (Å²) in [6.07, 6.45) is 3.62. The number of nitrogens with one attached hydrogen (secondary N) is 1. The van der Waals surface area contributed by atoms with Crippen molar-refractivity contribution in [1.29, 1.82) is 0 Å². The number of hydrogen-bond acceptors (Lipinski definition) is 4. The number of halogens is 1. The second-order valence-corrected chi connectivity index (χ2v) is 8.27. The predicted octanol–water partition coefficient (Wildman–Crippen LogP) is 3.48. The average Bonchev–Trinajstić information content (AvgIpc) is 3.05. The molecular weight excluding hydrogens is 372 g/mol. The normalized spacial score (nSPS) is 21.4. The molecule has 1 aromatic carbocycles. The fraction of sp³-hybridized carbons (Fsp3) is 0.364. The van der Waals surface area contributed by atoms with Crippen molar-refractivity contribution >= 4 is 22.9 Å². The lowest BCUT2D eigenvalue weighted by Crippen LogP contribution is -2.43.